The van der Waals surface area contributed by atoms with E-state index < -0.39 is 11.7 Å². The molecule has 0 bridgehead atoms. The summed E-state index contributed by atoms with van der Waals surface area (Å²) in [6.07, 6.45) is 5.67. The van der Waals surface area contributed by atoms with Crippen molar-refractivity contribution in [3.8, 4) is 0 Å². The largest absolute Gasteiger partial charge is 0.347 e. The number of halogens is 1. The van der Waals surface area contributed by atoms with Crippen LogP contribution in [0.25, 0.3) is 0 Å². The second-order valence-corrected chi connectivity index (χ2v) is 3.55. The summed E-state index contributed by atoms with van der Waals surface area (Å²) in [7, 11) is 1.59. The van der Waals surface area contributed by atoms with Crippen molar-refractivity contribution in [2.75, 3.05) is 7.05 Å². The van der Waals surface area contributed by atoms with E-state index >= 15 is 0 Å². The third-order valence-corrected chi connectivity index (χ3v) is 2.29. The summed E-state index contributed by atoms with van der Waals surface area (Å²) in [5, 5.41) is 0. The zero-order valence-corrected chi connectivity index (χ0v) is 9.22. The molecule has 2 aromatic rings. The number of aromatic nitrogens is 3. The number of aromatic amines is 1. The molecule has 0 radical (unpaired) electrons. The van der Waals surface area contributed by atoms with E-state index in [0.29, 0.717) is 12.4 Å². The van der Waals surface area contributed by atoms with Gasteiger partial charge in [0.1, 0.15) is 5.82 Å². The first-order chi connectivity index (χ1) is 8.18. The van der Waals surface area contributed by atoms with Gasteiger partial charge in [0.05, 0.1) is 18.3 Å². The van der Waals surface area contributed by atoms with Gasteiger partial charge >= 0.3 is 0 Å². The molecule has 0 spiro atoms. The van der Waals surface area contributed by atoms with Crippen LogP contribution in [0.2, 0.25) is 0 Å². The first-order valence-corrected chi connectivity index (χ1v) is 5.01. The van der Waals surface area contributed by atoms with E-state index in [1.54, 1.807) is 19.4 Å². The minimum Gasteiger partial charge on any atom is -0.347 e. The van der Waals surface area contributed by atoms with E-state index in [4.69, 9.17) is 0 Å². The van der Waals surface area contributed by atoms with Gasteiger partial charge < -0.3 is 9.88 Å². The van der Waals surface area contributed by atoms with E-state index in [0.717, 1.165) is 6.20 Å². The zero-order chi connectivity index (χ0) is 12.3. The fourth-order valence-electron chi connectivity index (χ4n) is 1.44. The van der Waals surface area contributed by atoms with Crippen LogP contribution in [0.3, 0.4) is 0 Å². The molecule has 1 amide bonds. The van der Waals surface area contributed by atoms with Crippen molar-refractivity contribution in [3.05, 3.63) is 48.1 Å². The highest BCUT2D eigenvalue weighted by Crippen LogP contribution is 2.09. The van der Waals surface area contributed by atoms with Crippen LogP contribution < -0.4 is 0 Å². The molecule has 17 heavy (non-hydrogen) atoms. The average Bonchev–Trinajstić information content (AvgIpc) is 2.81. The number of hydrogen-bond donors (Lipinski definition) is 1. The first kappa shape index (κ1) is 11.3. The number of H-pyrrole nitrogens is 1. The summed E-state index contributed by atoms with van der Waals surface area (Å²) < 4.78 is 13.3. The number of carbonyl (C=O) groups is 1. The van der Waals surface area contributed by atoms with Gasteiger partial charge in [-0.25, -0.2) is 9.37 Å². The SMILES string of the molecule is CN(Cc1ncc[nH]1)C(=O)c1ccncc1F. The van der Waals surface area contributed by atoms with Crippen molar-refractivity contribution in [1.82, 2.24) is 19.9 Å². The molecule has 0 fully saturated rings. The van der Waals surface area contributed by atoms with Crippen molar-refractivity contribution >= 4 is 5.91 Å². The third-order valence-electron chi connectivity index (χ3n) is 2.29. The highest BCUT2D eigenvalue weighted by atomic mass is 19.1. The van der Waals surface area contributed by atoms with Gasteiger partial charge in [-0.3, -0.25) is 9.78 Å². The molecule has 0 aliphatic rings. The average molecular weight is 234 g/mol. The van der Waals surface area contributed by atoms with Gasteiger partial charge in [-0.2, -0.15) is 0 Å². The second-order valence-electron chi connectivity index (χ2n) is 3.55. The Labute approximate surface area is 97.3 Å². The molecule has 0 aliphatic heterocycles. The Hall–Kier alpha value is -2.24. The molecule has 2 rings (SSSR count). The quantitative estimate of drug-likeness (QED) is 0.868. The molecule has 0 aliphatic carbocycles. The number of imidazole rings is 1. The van der Waals surface area contributed by atoms with Crippen LogP contribution in [0.4, 0.5) is 4.39 Å². The Balaban J connectivity index is 2.13. The fraction of sp³-hybridized carbons (Fsp3) is 0.182. The standard InChI is InChI=1S/C11H11FN4O/c1-16(7-10-14-4-5-15-10)11(17)8-2-3-13-6-9(8)12/h2-6H,7H2,1H3,(H,14,15). The van der Waals surface area contributed by atoms with E-state index in [2.05, 4.69) is 15.0 Å². The fourth-order valence-corrected chi connectivity index (χ4v) is 1.44. The van der Waals surface area contributed by atoms with E-state index in [1.165, 1.54) is 17.2 Å². The Bertz CT molecular complexity index is 512. The Morgan fingerprint density at radius 2 is 2.35 bits per heavy atom. The predicted octanol–water partition coefficient (Wildman–Crippen LogP) is 1.22. The molecule has 0 saturated heterocycles. The topological polar surface area (TPSA) is 61.9 Å². The number of pyridine rings is 1. The highest BCUT2D eigenvalue weighted by Gasteiger charge is 2.16. The van der Waals surface area contributed by atoms with E-state index in [9.17, 15) is 9.18 Å². The molecule has 0 unspecified atom stereocenters. The number of amides is 1. The minimum absolute atomic E-state index is 0.00839. The number of hydrogen-bond acceptors (Lipinski definition) is 3. The lowest BCUT2D eigenvalue weighted by molar-refractivity contribution is 0.0777. The third kappa shape index (κ3) is 2.47. The van der Waals surface area contributed by atoms with Crippen LogP contribution in [0, 0.1) is 5.82 Å². The maximum atomic E-state index is 13.3. The van der Waals surface area contributed by atoms with Gasteiger partial charge in [0.2, 0.25) is 0 Å². The lowest BCUT2D eigenvalue weighted by Gasteiger charge is -2.15. The predicted molar refractivity (Wildman–Crippen MR) is 58.6 cm³/mol. The van der Waals surface area contributed by atoms with Crippen molar-refractivity contribution in [2.24, 2.45) is 0 Å². The summed E-state index contributed by atoms with van der Waals surface area (Å²) in [5.41, 5.74) is 0.00839. The molecule has 2 heterocycles. The van der Waals surface area contributed by atoms with E-state index in [-0.39, 0.29) is 5.56 Å². The Morgan fingerprint density at radius 3 is 3.00 bits per heavy atom. The van der Waals surface area contributed by atoms with Crippen LogP contribution in [0.5, 0.6) is 0 Å². The van der Waals surface area contributed by atoms with Gasteiger partial charge in [0.25, 0.3) is 5.91 Å². The van der Waals surface area contributed by atoms with Gasteiger partial charge in [0.15, 0.2) is 5.82 Å². The number of nitrogens with one attached hydrogen (secondary N) is 1. The van der Waals surface area contributed by atoms with Crippen LogP contribution in [0.15, 0.2) is 30.9 Å². The maximum absolute atomic E-state index is 13.3. The summed E-state index contributed by atoms with van der Waals surface area (Å²) >= 11 is 0. The molecule has 88 valence electrons. The number of carbonyl (C=O) groups excluding carboxylic acids is 1. The Morgan fingerprint density at radius 1 is 1.53 bits per heavy atom. The van der Waals surface area contributed by atoms with Crippen molar-refractivity contribution in [2.45, 2.75) is 6.54 Å². The van der Waals surface area contributed by atoms with Crippen LogP contribution >= 0.6 is 0 Å². The molecule has 0 aromatic carbocycles. The molecule has 0 saturated carbocycles. The Kier molecular flexibility index (Phi) is 3.13. The van der Waals surface area contributed by atoms with Crippen LogP contribution in [-0.4, -0.2) is 32.8 Å². The molecule has 2 aromatic heterocycles. The van der Waals surface area contributed by atoms with Gasteiger partial charge in [-0.1, -0.05) is 0 Å². The van der Waals surface area contributed by atoms with Gasteiger partial charge in [-0.05, 0) is 6.07 Å². The molecular weight excluding hydrogens is 223 g/mol. The highest BCUT2D eigenvalue weighted by molar-refractivity contribution is 5.94. The van der Waals surface area contributed by atoms with Gasteiger partial charge in [0, 0.05) is 25.6 Å². The van der Waals surface area contributed by atoms with Crippen LogP contribution in [0.1, 0.15) is 16.2 Å². The maximum Gasteiger partial charge on any atom is 0.257 e. The second kappa shape index (κ2) is 4.73. The monoisotopic (exact) mass is 234 g/mol. The number of nitrogens with zero attached hydrogens (tertiary/aromatic N) is 3. The smallest absolute Gasteiger partial charge is 0.257 e. The summed E-state index contributed by atoms with van der Waals surface area (Å²) in [6, 6.07) is 1.36. The van der Waals surface area contributed by atoms with Crippen molar-refractivity contribution in [3.63, 3.8) is 0 Å². The first-order valence-electron chi connectivity index (χ1n) is 5.01. The summed E-state index contributed by atoms with van der Waals surface area (Å²) in [6.45, 7) is 0.299. The van der Waals surface area contributed by atoms with E-state index in [1.807, 2.05) is 0 Å². The normalized spacial score (nSPS) is 10.2. The summed E-state index contributed by atoms with van der Waals surface area (Å²) in [5.74, 6) is -0.375. The molecule has 1 N–H and O–H groups in total. The number of rotatable bonds is 3. The van der Waals surface area contributed by atoms with Crippen molar-refractivity contribution in [1.29, 1.82) is 0 Å². The molecule has 5 nitrogen and oxygen atoms in total. The molecule has 0 atom stereocenters. The van der Waals surface area contributed by atoms with Gasteiger partial charge in [-0.15, -0.1) is 0 Å². The lowest BCUT2D eigenvalue weighted by atomic mass is 10.2. The van der Waals surface area contributed by atoms with Crippen LogP contribution in [-0.2, 0) is 6.54 Å². The minimum atomic E-state index is -0.621. The summed E-state index contributed by atoms with van der Waals surface area (Å²) in [4.78, 5) is 23.8. The molecule has 6 heteroatoms. The molecular formula is C11H11FN4O. The zero-order valence-electron chi connectivity index (χ0n) is 9.22. The lowest BCUT2D eigenvalue weighted by Crippen LogP contribution is -2.27. The van der Waals surface area contributed by atoms with Crippen molar-refractivity contribution < 1.29 is 9.18 Å².